The van der Waals surface area contributed by atoms with Gasteiger partial charge < -0.3 is 15.0 Å². The average molecular weight is 483 g/mol. The molecule has 2 aromatic carbocycles. The first-order valence-electron chi connectivity index (χ1n) is 10.1. The number of methoxy groups -OCH3 is 1. The molecule has 8 heteroatoms. The van der Waals surface area contributed by atoms with Gasteiger partial charge in [0.05, 0.1) is 22.9 Å². The SMILES string of the molecule is CCNC(=O)[C@H](CC)N(Cc1ccc(Cl)c(Cl)c1)C(=O)CSCc1ccc(OC)cc1. The lowest BCUT2D eigenvalue weighted by atomic mass is 10.1. The van der Waals surface area contributed by atoms with Crippen LogP contribution in [0, 0.1) is 0 Å². The van der Waals surface area contributed by atoms with Crippen molar-refractivity contribution in [3.63, 3.8) is 0 Å². The van der Waals surface area contributed by atoms with E-state index in [0.29, 0.717) is 28.8 Å². The molecule has 0 aromatic heterocycles. The number of amides is 2. The molecule has 5 nitrogen and oxygen atoms in total. The van der Waals surface area contributed by atoms with Gasteiger partial charge >= 0.3 is 0 Å². The predicted molar refractivity (Wildman–Crippen MR) is 129 cm³/mol. The molecule has 0 aliphatic rings. The van der Waals surface area contributed by atoms with Crippen molar-refractivity contribution in [1.29, 1.82) is 0 Å². The fourth-order valence-electron chi connectivity index (χ4n) is 3.11. The third-order valence-corrected chi connectivity index (χ3v) is 6.45. The summed E-state index contributed by atoms with van der Waals surface area (Å²) in [7, 11) is 1.63. The number of rotatable bonds is 11. The summed E-state index contributed by atoms with van der Waals surface area (Å²) in [5, 5.41) is 3.71. The fraction of sp³-hybridized carbons (Fsp3) is 0.391. The highest BCUT2D eigenvalue weighted by Gasteiger charge is 2.28. The van der Waals surface area contributed by atoms with Crippen LogP contribution in [0.2, 0.25) is 10.0 Å². The fourth-order valence-corrected chi connectivity index (χ4v) is 4.30. The van der Waals surface area contributed by atoms with Crippen LogP contribution in [-0.4, -0.2) is 42.2 Å². The van der Waals surface area contributed by atoms with Crippen molar-refractivity contribution in [3.8, 4) is 5.75 Å². The van der Waals surface area contributed by atoms with Crippen molar-refractivity contribution in [1.82, 2.24) is 10.2 Å². The number of halogens is 2. The van der Waals surface area contributed by atoms with Crippen LogP contribution in [0.25, 0.3) is 0 Å². The van der Waals surface area contributed by atoms with E-state index in [4.69, 9.17) is 27.9 Å². The minimum absolute atomic E-state index is 0.0947. The van der Waals surface area contributed by atoms with Gasteiger partial charge in [-0.3, -0.25) is 9.59 Å². The maximum absolute atomic E-state index is 13.1. The zero-order chi connectivity index (χ0) is 22.8. The van der Waals surface area contributed by atoms with Crippen molar-refractivity contribution in [2.75, 3.05) is 19.4 Å². The number of thioether (sulfide) groups is 1. The van der Waals surface area contributed by atoms with Gasteiger partial charge in [0.1, 0.15) is 11.8 Å². The molecule has 1 atom stereocenters. The molecule has 31 heavy (non-hydrogen) atoms. The summed E-state index contributed by atoms with van der Waals surface area (Å²) in [6.07, 6.45) is 0.516. The van der Waals surface area contributed by atoms with E-state index in [1.54, 1.807) is 24.1 Å². The molecular formula is C23H28Cl2N2O3S. The Morgan fingerprint density at radius 2 is 1.74 bits per heavy atom. The first-order chi connectivity index (χ1) is 14.9. The second-order valence-electron chi connectivity index (χ2n) is 6.93. The number of nitrogens with zero attached hydrogens (tertiary/aromatic N) is 1. The molecule has 0 saturated carbocycles. The van der Waals surface area contributed by atoms with Crippen LogP contribution >= 0.6 is 35.0 Å². The van der Waals surface area contributed by atoms with Gasteiger partial charge in [0.2, 0.25) is 11.8 Å². The molecule has 168 valence electrons. The highest BCUT2D eigenvalue weighted by atomic mass is 35.5. The van der Waals surface area contributed by atoms with Gasteiger partial charge in [-0.1, -0.05) is 48.3 Å². The van der Waals surface area contributed by atoms with E-state index < -0.39 is 6.04 Å². The van der Waals surface area contributed by atoms with Crippen molar-refractivity contribution < 1.29 is 14.3 Å². The minimum atomic E-state index is -0.552. The highest BCUT2D eigenvalue weighted by Crippen LogP contribution is 2.25. The van der Waals surface area contributed by atoms with Gasteiger partial charge in [0.15, 0.2) is 0 Å². The van der Waals surface area contributed by atoms with E-state index in [2.05, 4.69) is 5.32 Å². The summed E-state index contributed by atoms with van der Waals surface area (Å²) in [6.45, 7) is 4.56. The number of hydrogen-bond donors (Lipinski definition) is 1. The number of hydrogen-bond acceptors (Lipinski definition) is 4. The molecule has 0 bridgehead atoms. The lowest BCUT2D eigenvalue weighted by molar-refractivity contribution is -0.139. The monoisotopic (exact) mass is 482 g/mol. The van der Waals surface area contributed by atoms with E-state index in [9.17, 15) is 9.59 Å². The van der Waals surface area contributed by atoms with Crippen molar-refractivity contribution >= 4 is 46.8 Å². The Labute approximate surface area is 198 Å². The highest BCUT2D eigenvalue weighted by molar-refractivity contribution is 7.99. The van der Waals surface area contributed by atoms with Crippen LogP contribution in [0.4, 0.5) is 0 Å². The van der Waals surface area contributed by atoms with Crippen LogP contribution in [0.1, 0.15) is 31.4 Å². The quantitative estimate of drug-likeness (QED) is 0.479. The standard InChI is InChI=1S/C23H28Cl2N2O3S/c1-4-21(23(29)26-5-2)27(13-17-8-11-19(24)20(25)12-17)22(28)15-31-14-16-6-9-18(30-3)10-7-16/h6-12,21H,4-5,13-15H2,1-3H3,(H,26,29)/t21-/m0/s1. The lowest BCUT2D eigenvalue weighted by Crippen LogP contribution is -2.49. The normalized spacial score (nSPS) is 11.6. The van der Waals surface area contributed by atoms with Crippen molar-refractivity contribution in [2.24, 2.45) is 0 Å². The summed E-state index contributed by atoms with van der Waals surface area (Å²) in [5.41, 5.74) is 1.93. The summed E-state index contributed by atoms with van der Waals surface area (Å²) >= 11 is 13.7. The molecule has 0 saturated heterocycles. The van der Waals surface area contributed by atoms with Crippen LogP contribution in [0.5, 0.6) is 5.75 Å². The summed E-state index contributed by atoms with van der Waals surface area (Å²) in [4.78, 5) is 27.4. The first kappa shape index (κ1) is 25.4. The van der Waals surface area contributed by atoms with E-state index in [1.807, 2.05) is 44.2 Å². The number of nitrogens with one attached hydrogen (secondary N) is 1. The summed E-state index contributed by atoms with van der Waals surface area (Å²) in [6, 6.07) is 12.5. The van der Waals surface area contributed by atoms with Crippen LogP contribution in [-0.2, 0) is 21.9 Å². The molecule has 0 unspecified atom stereocenters. The van der Waals surface area contributed by atoms with Crippen molar-refractivity contribution in [2.45, 2.75) is 38.6 Å². The third-order valence-electron chi connectivity index (χ3n) is 4.73. The molecule has 0 aliphatic carbocycles. The lowest BCUT2D eigenvalue weighted by Gasteiger charge is -2.30. The van der Waals surface area contributed by atoms with E-state index in [1.165, 1.54) is 11.8 Å². The van der Waals surface area contributed by atoms with Gasteiger partial charge in [-0.05, 0) is 48.7 Å². The second-order valence-corrected chi connectivity index (χ2v) is 8.73. The maximum atomic E-state index is 13.1. The Bertz CT molecular complexity index is 878. The van der Waals surface area contributed by atoms with E-state index in [-0.39, 0.29) is 24.1 Å². The molecule has 0 aliphatic heterocycles. The molecule has 0 spiro atoms. The zero-order valence-electron chi connectivity index (χ0n) is 18.0. The number of ether oxygens (including phenoxy) is 1. The maximum Gasteiger partial charge on any atom is 0.242 e. The van der Waals surface area contributed by atoms with Crippen molar-refractivity contribution in [3.05, 3.63) is 63.6 Å². The zero-order valence-corrected chi connectivity index (χ0v) is 20.3. The molecule has 2 aromatic rings. The van der Waals surface area contributed by atoms with Gasteiger partial charge in [0.25, 0.3) is 0 Å². The van der Waals surface area contributed by atoms with Gasteiger partial charge in [-0.15, -0.1) is 11.8 Å². The Hall–Kier alpha value is -1.89. The van der Waals surface area contributed by atoms with E-state index >= 15 is 0 Å². The first-order valence-corrected chi connectivity index (χ1v) is 12.0. The molecule has 2 amide bonds. The number of carbonyl (C=O) groups is 2. The Kier molecular flexibility index (Phi) is 10.5. The predicted octanol–water partition coefficient (Wildman–Crippen LogP) is 5.18. The second kappa shape index (κ2) is 12.8. The third kappa shape index (κ3) is 7.63. The molecule has 0 radical (unpaired) electrons. The molecular weight excluding hydrogens is 455 g/mol. The number of carbonyl (C=O) groups excluding carboxylic acids is 2. The molecule has 2 rings (SSSR count). The molecule has 1 N–H and O–H groups in total. The average Bonchev–Trinajstić information content (AvgIpc) is 2.76. The molecule has 0 heterocycles. The summed E-state index contributed by atoms with van der Waals surface area (Å²) < 4.78 is 5.17. The van der Waals surface area contributed by atoms with E-state index in [0.717, 1.165) is 16.9 Å². The number of benzene rings is 2. The van der Waals surface area contributed by atoms with Crippen LogP contribution in [0.3, 0.4) is 0 Å². The van der Waals surface area contributed by atoms with Gasteiger partial charge in [-0.2, -0.15) is 0 Å². The van der Waals surface area contributed by atoms with Gasteiger partial charge in [-0.25, -0.2) is 0 Å². The summed E-state index contributed by atoms with van der Waals surface area (Å²) in [5.74, 6) is 1.50. The van der Waals surface area contributed by atoms with Crippen LogP contribution < -0.4 is 10.1 Å². The largest absolute Gasteiger partial charge is 0.497 e. The topological polar surface area (TPSA) is 58.6 Å². The van der Waals surface area contributed by atoms with Crippen LogP contribution in [0.15, 0.2) is 42.5 Å². The smallest absolute Gasteiger partial charge is 0.242 e. The van der Waals surface area contributed by atoms with Gasteiger partial charge in [0, 0.05) is 18.8 Å². The molecule has 0 fully saturated rings. The Balaban J connectivity index is 2.11. The Morgan fingerprint density at radius 1 is 1.06 bits per heavy atom. The minimum Gasteiger partial charge on any atom is -0.497 e. The number of likely N-dealkylation sites (N-methyl/N-ethyl adjacent to an activating group) is 1. The Morgan fingerprint density at radius 3 is 2.32 bits per heavy atom.